The molecule has 1 aromatic rings. The summed E-state index contributed by atoms with van der Waals surface area (Å²) in [4.78, 5) is 2.45. The molecular formula is C15H25N. The monoisotopic (exact) mass is 219 g/mol. The number of hydrogen-bond acceptors (Lipinski definition) is 1. The third-order valence-electron chi connectivity index (χ3n) is 3.25. The Hall–Kier alpha value is -0.820. The number of hydrogen-bond donors (Lipinski definition) is 0. The lowest BCUT2D eigenvalue weighted by atomic mass is 9.88. The highest BCUT2D eigenvalue weighted by Crippen LogP contribution is 2.28. The molecule has 1 saturated heterocycles. The van der Waals surface area contributed by atoms with Gasteiger partial charge in [0.15, 0.2) is 0 Å². The average Bonchev–Trinajstić information content (AvgIpc) is 2.32. The molecule has 0 amide bonds. The predicted molar refractivity (Wildman–Crippen MR) is 72.0 cm³/mol. The Morgan fingerprint density at radius 3 is 2.50 bits per heavy atom. The summed E-state index contributed by atoms with van der Waals surface area (Å²) in [6.45, 7) is 8.72. The Bertz CT molecular complexity index is 306. The molecule has 1 aliphatic rings. The highest BCUT2D eigenvalue weighted by molar-refractivity contribution is 5.29. The SMILES string of the molecule is CC.Cc1ccccc1C1CCCN(C)C1. The molecule has 1 fully saturated rings. The molecule has 0 N–H and O–H groups in total. The molecule has 1 nitrogen and oxygen atoms in total. The van der Waals surface area contributed by atoms with Crippen LogP contribution in [-0.4, -0.2) is 25.0 Å². The number of likely N-dealkylation sites (tertiary alicyclic amines) is 1. The van der Waals surface area contributed by atoms with Gasteiger partial charge in [-0.25, -0.2) is 0 Å². The highest BCUT2D eigenvalue weighted by atomic mass is 15.1. The molecule has 1 heterocycles. The maximum atomic E-state index is 2.45. The first-order valence-corrected chi connectivity index (χ1v) is 6.51. The van der Waals surface area contributed by atoms with Crippen LogP contribution in [0.4, 0.5) is 0 Å². The van der Waals surface area contributed by atoms with E-state index < -0.39 is 0 Å². The van der Waals surface area contributed by atoms with Gasteiger partial charge in [0.1, 0.15) is 0 Å². The van der Waals surface area contributed by atoms with Gasteiger partial charge in [0, 0.05) is 6.54 Å². The van der Waals surface area contributed by atoms with Crippen LogP contribution in [0.15, 0.2) is 24.3 Å². The Kier molecular flexibility index (Phi) is 5.54. The van der Waals surface area contributed by atoms with Crippen molar-refractivity contribution in [1.82, 2.24) is 4.90 Å². The third-order valence-corrected chi connectivity index (χ3v) is 3.25. The second-order valence-electron chi connectivity index (χ2n) is 4.46. The lowest BCUT2D eigenvalue weighted by Gasteiger charge is -2.30. The van der Waals surface area contributed by atoms with Gasteiger partial charge in [-0.05, 0) is 50.4 Å². The minimum Gasteiger partial charge on any atom is -0.306 e. The van der Waals surface area contributed by atoms with Crippen LogP contribution in [0.1, 0.15) is 43.7 Å². The lowest BCUT2D eigenvalue weighted by molar-refractivity contribution is 0.250. The summed E-state index contributed by atoms with van der Waals surface area (Å²) < 4.78 is 0. The lowest BCUT2D eigenvalue weighted by Crippen LogP contribution is -2.31. The van der Waals surface area contributed by atoms with Gasteiger partial charge in [-0.2, -0.15) is 0 Å². The molecule has 1 unspecified atom stereocenters. The van der Waals surface area contributed by atoms with Crippen LogP contribution in [0.5, 0.6) is 0 Å². The first-order valence-electron chi connectivity index (χ1n) is 6.51. The van der Waals surface area contributed by atoms with E-state index in [0.717, 1.165) is 5.92 Å². The zero-order chi connectivity index (χ0) is 12.0. The highest BCUT2D eigenvalue weighted by Gasteiger charge is 2.19. The van der Waals surface area contributed by atoms with Gasteiger partial charge in [-0.15, -0.1) is 0 Å². The van der Waals surface area contributed by atoms with Crippen LogP contribution in [-0.2, 0) is 0 Å². The number of likely N-dealkylation sites (N-methyl/N-ethyl adjacent to an activating group) is 1. The molecule has 1 atom stereocenters. The van der Waals surface area contributed by atoms with E-state index in [-0.39, 0.29) is 0 Å². The second-order valence-corrected chi connectivity index (χ2v) is 4.46. The Balaban J connectivity index is 0.000000606. The quantitative estimate of drug-likeness (QED) is 0.694. The standard InChI is InChI=1S/C13H19N.C2H6/c1-11-6-3-4-8-13(11)12-7-5-9-14(2)10-12;1-2/h3-4,6,8,12H,5,7,9-10H2,1-2H3;1-2H3. The molecule has 0 bridgehead atoms. The minimum absolute atomic E-state index is 0.759. The smallest absolute Gasteiger partial charge is 0.00473 e. The number of rotatable bonds is 1. The fourth-order valence-electron chi connectivity index (χ4n) is 2.47. The molecule has 0 radical (unpaired) electrons. The van der Waals surface area contributed by atoms with E-state index in [1.165, 1.54) is 31.5 Å². The fraction of sp³-hybridized carbons (Fsp3) is 0.600. The average molecular weight is 219 g/mol. The van der Waals surface area contributed by atoms with Crippen molar-refractivity contribution in [2.24, 2.45) is 0 Å². The van der Waals surface area contributed by atoms with Gasteiger partial charge in [0.25, 0.3) is 0 Å². The van der Waals surface area contributed by atoms with Crippen molar-refractivity contribution in [3.05, 3.63) is 35.4 Å². The van der Waals surface area contributed by atoms with Gasteiger partial charge in [0.2, 0.25) is 0 Å². The summed E-state index contributed by atoms with van der Waals surface area (Å²) in [6.07, 6.45) is 2.70. The minimum atomic E-state index is 0.759. The van der Waals surface area contributed by atoms with E-state index in [1.54, 1.807) is 5.56 Å². The maximum absolute atomic E-state index is 2.45. The molecule has 1 heteroatoms. The molecule has 0 aromatic heterocycles. The summed E-state index contributed by atoms with van der Waals surface area (Å²) in [7, 11) is 2.23. The van der Waals surface area contributed by atoms with Crippen LogP contribution in [0.3, 0.4) is 0 Å². The molecule has 1 aliphatic heterocycles. The van der Waals surface area contributed by atoms with Crippen molar-refractivity contribution in [3.63, 3.8) is 0 Å². The summed E-state index contributed by atoms with van der Waals surface area (Å²) in [5.74, 6) is 0.759. The molecule has 2 rings (SSSR count). The first kappa shape index (κ1) is 13.2. The van der Waals surface area contributed by atoms with Crippen molar-refractivity contribution in [3.8, 4) is 0 Å². The normalized spacial score (nSPS) is 21.1. The maximum Gasteiger partial charge on any atom is 0.00473 e. The number of nitrogens with zero attached hydrogens (tertiary/aromatic N) is 1. The van der Waals surface area contributed by atoms with E-state index in [0.29, 0.717) is 0 Å². The first-order chi connectivity index (χ1) is 7.77. The van der Waals surface area contributed by atoms with Gasteiger partial charge in [0.05, 0.1) is 0 Å². The molecule has 16 heavy (non-hydrogen) atoms. The zero-order valence-electron chi connectivity index (χ0n) is 11.2. The van der Waals surface area contributed by atoms with Crippen LogP contribution in [0.2, 0.25) is 0 Å². The Labute approximate surface area is 100 Å². The van der Waals surface area contributed by atoms with Crippen LogP contribution in [0.25, 0.3) is 0 Å². The van der Waals surface area contributed by atoms with Gasteiger partial charge in [-0.1, -0.05) is 38.1 Å². The second kappa shape index (κ2) is 6.70. The Morgan fingerprint density at radius 2 is 1.88 bits per heavy atom. The van der Waals surface area contributed by atoms with Crippen molar-refractivity contribution < 1.29 is 0 Å². The zero-order valence-corrected chi connectivity index (χ0v) is 11.2. The topological polar surface area (TPSA) is 3.24 Å². The molecule has 90 valence electrons. The van der Waals surface area contributed by atoms with Gasteiger partial charge in [-0.3, -0.25) is 0 Å². The summed E-state index contributed by atoms with van der Waals surface area (Å²) in [5.41, 5.74) is 3.01. The molecular weight excluding hydrogens is 194 g/mol. The third kappa shape index (κ3) is 3.34. The van der Waals surface area contributed by atoms with E-state index in [1.807, 2.05) is 13.8 Å². The van der Waals surface area contributed by atoms with Crippen molar-refractivity contribution in [1.29, 1.82) is 0 Å². The van der Waals surface area contributed by atoms with E-state index >= 15 is 0 Å². The molecule has 0 saturated carbocycles. The molecule has 1 aromatic carbocycles. The van der Waals surface area contributed by atoms with Crippen molar-refractivity contribution in [2.45, 2.75) is 39.5 Å². The fourth-order valence-corrected chi connectivity index (χ4v) is 2.47. The summed E-state index contributed by atoms with van der Waals surface area (Å²) >= 11 is 0. The predicted octanol–water partition coefficient (Wildman–Crippen LogP) is 3.83. The molecule has 0 aliphatic carbocycles. The largest absolute Gasteiger partial charge is 0.306 e. The van der Waals surface area contributed by atoms with E-state index in [4.69, 9.17) is 0 Å². The van der Waals surface area contributed by atoms with E-state index in [2.05, 4.69) is 43.1 Å². The number of benzene rings is 1. The van der Waals surface area contributed by atoms with Gasteiger partial charge < -0.3 is 4.90 Å². The van der Waals surface area contributed by atoms with Crippen LogP contribution >= 0.6 is 0 Å². The summed E-state index contributed by atoms with van der Waals surface area (Å²) in [5, 5.41) is 0. The number of aryl methyl sites for hydroxylation is 1. The van der Waals surface area contributed by atoms with Gasteiger partial charge >= 0.3 is 0 Å². The number of piperidine rings is 1. The van der Waals surface area contributed by atoms with E-state index in [9.17, 15) is 0 Å². The van der Waals surface area contributed by atoms with Crippen LogP contribution < -0.4 is 0 Å². The van der Waals surface area contributed by atoms with Crippen molar-refractivity contribution >= 4 is 0 Å². The Morgan fingerprint density at radius 1 is 1.19 bits per heavy atom. The molecule has 0 spiro atoms. The summed E-state index contributed by atoms with van der Waals surface area (Å²) in [6, 6.07) is 8.81. The van der Waals surface area contributed by atoms with Crippen molar-refractivity contribution in [2.75, 3.05) is 20.1 Å². The van der Waals surface area contributed by atoms with Crippen LogP contribution in [0, 0.1) is 6.92 Å².